The minimum absolute atomic E-state index is 0.0583. The second-order valence-electron chi connectivity index (χ2n) is 4.19. The van der Waals surface area contributed by atoms with Crippen LogP contribution in [-0.4, -0.2) is 42.4 Å². The average molecular weight is 314 g/mol. The first kappa shape index (κ1) is 17.3. The molecule has 0 saturated heterocycles. The fraction of sp³-hybridized carbons (Fsp3) is 0.385. The zero-order valence-corrected chi connectivity index (χ0v) is 12.5. The van der Waals surface area contributed by atoms with Crippen molar-refractivity contribution in [2.24, 2.45) is 0 Å². The number of nitro benzene ring substituents is 1. The second kappa shape index (κ2) is 7.87. The first-order chi connectivity index (χ1) is 9.95. The van der Waals surface area contributed by atoms with Gasteiger partial charge in [-0.05, 0) is 12.5 Å². The van der Waals surface area contributed by atoms with E-state index in [1.54, 1.807) is 12.2 Å². The van der Waals surface area contributed by atoms with Crippen LogP contribution in [0.25, 0.3) is 0 Å². The van der Waals surface area contributed by atoms with Gasteiger partial charge in [0.15, 0.2) is 4.90 Å². The normalized spacial score (nSPS) is 12.1. The minimum Gasteiger partial charge on any atom is -0.395 e. The summed E-state index contributed by atoms with van der Waals surface area (Å²) < 4.78 is 26.1. The molecule has 1 N–H and O–H groups in total. The van der Waals surface area contributed by atoms with Crippen LogP contribution in [0, 0.1) is 10.1 Å². The van der Waals surface area contributed by atoms with Crippen molar-refractivity contribution in [1.29, 1.82) is 0 Å². The number of benzene rings is 1. The lowest BCUT2D eigenvalue weighted by molar-refractivity contribution is -0.387. The van der Waals surface area contributed by atoms with Crippen molar-refractivity contribution in [1.82, 2.24) is 4.31 Å². The van der Waals surface area contributed by atoms with Gasteiger partial charge in [0.25, 0.3) is 5.69 Å². The van der Waals surface area contributed by atoms with Crippen LogP contribution in [0.3, 0.4) is 0 Å². The van der Waals surface area contributed by atoms with Crippen molar-refractivity contribution in [3.8, 4) is 0 Å². The Labute approximate surface area is 123 Å². The zero-order chi connectivity index (χ0) is 15.9. The first-order valence-corrected chi connectivity index (χ1v) is 7.88. The molecule has 0 spiro atoms. The third-order valence-electron chi connectivity index (χ3n) is 2.74. The Kier molecular flexibility index (Phi) is 6.47. The van der Waals surface area contributed by atoms with Gasteiger partial charge in [0.2, 0.25) is 10.0 Å². The van der Waals surface area contributed by atoms with Gasteiger partial charge < -0.3 is 5.11 Å². The number of para-hydroxylation sites is 1. The molecule has 0 aliphatic heterocycles. The van der Waals surface area contributed by atoms with Crippen LogP contribution in [0.15, 0.2) is 41.3 Å². The van der Waals surface area contributed by atoms with Crippen molar-refractivity contribution < 1.29 is 18.4 Å². The summed E-state index contributed by atoms with van der Waals surface area (Å²) in [6.07, 6.45) is 4.19. The number of sulfonamides is 1. The Balaban J connectivity index is 3.22. The number of aliphatic hydroxyl groups is 1. The highest BCUT2D eigenvalue weighted by Gasteiger charge is 2.30. The molecule has 116 valence electrons. The van der Waals surface area contributed by atoms with Crippen molar-refractivity contribution in [2.45, 2.75) is 18.2 Å². The summed E-state index contributed by atoms with van der Waals surface area (Å²) in [5, 5.41) is 20.0. The molecule has 21 heavy (non-hydrogen) atoms. The lowest BCUT2D eigenvalue weighted by Crippen LogP contribution is -2.34. The maximum absolute atomic E-state index is 12.5. The molecule has 1 aromatic rings. The number of hydrogen-bond donors (Lipinski definition) is 1. The molecular formula is C13H18N2O5S. The number of hydrogen-bond acceptors (Lipinski definition) is 5. The molecule has 0 aliphatic carbocycles. The fourth-order valence-corrected chi connectivity index (χ4v) is 3.29. The molecule has 0 aromatic heterocycles. The fourth-order valence-electron chi connectivity index (χ4n) is 1.75. The number of nitrogens with zero attached hydrogens (tertiary/aromatic N) is 2. The molecule has 0 bridgehead atoms. The van der Waals surface area contributed by atoms with Crippen LogP contribution in [-0.2, 0) is 10.0 Å². The van der Waals surface area contributed by atoms with E-state index < -0.39 is 20.6 Å². The maximum atomic E-state index is 12.5. The Hall–Kier alpha value is -1.77. The number of aliphatic hydroxyl groups excluding tert-OH is 1. The number of nitro groups is 1. The van der Waals surface area contributed by atoms with Crippen molar-refractivity contribution >= 4 is 15.7 Å². The highest BCUT2D eigenvalue weighted by Crippen LogP contribution is 2.26. The topological polar surface area (TPSA) is 101 Å². The monoisotopic (exact) mass is 314 g/mol. The molecule has 0 atom stereocenters. The molecule has 0 unspecified atom stereocenters. The third kappa shape index (κ3) is 4.35. The van der Waals surface area contributed by atoms with E-state index >= 15 is 0 Å². The Morgan fingerprint density at radius 3 is 2.57 bits per heavy atom. The summed E-state index contributed by atoms with van der Waals surface area (Å²) in [5.74, 6) is 0. The highest BCUT2D eigenvalue weighted by atomic mass is 32.2. The van der Waals surface area contributed by atoms with Gasteiger partial charge in [-0.25, -0.2) is 8.42 Å². The van der Waals surface area contributed by atoms with Gasteiger partial charge in [-0.2, -0.15) is 4.31 Å². The first-order valence-electron chi connectivity index (χ1n) is 6.44. The van der Waals surface area contributed by atoms with E-state index in [0.717, 1.165) is 16.8 Å². The van der Waals surface area contributed by atoms with Crippen LogP contribution >= 0.6 is 0 Å². The Morgan fingerprint density at radius 2 is 2.00 bits per heavy atom. The van der Waals surface area contributed by atoms with Crippen LogP contribution in [0.4, 0.5) is 5.69 Å². The highest BCUT2D eigenvalue weighted by molar-refractivity contribution is 7.89. The van der Waals surface area contributed by atoms with Crippen molar-refractivity contribution in [3.63, 3.8) is 0 Å². The van der Waals surface area contributed by atoms with Gasteiger partial charge in [0.1, 0.15) is 0 Å². The molecule has 1 rings (SSSR count). The van der Waals surface area contributed by atoms with Crippen LogP contribution in [0.1, 0.15) is 13.3 Å². The van der Waals surface area contributed by atoms with E-state index in [2.05, 4.69) is 0 Å². The molecule has 0 radical (unpaired) electrons. The van der Waals surface area contributed by atoms with E-state index in [1.165, 1.54) is 18.2 Å². The van der Waals surface area contributed by atoms with Gasteiger partial charge in [-0.15, -0.1) is 0 Å². The molecule has 0 aliphatic rings. The van der Waals surface area contributed by atoms with Crippen molar-refractivity contribution in [3.05, 3.63) is 46.5 Å². The van der Waals surface area contributed by atoms with E-state index in [-0.39, 0.29) is 24.6 Å². The molecule has 0 heterocycles. The summed E-state index contributed by atoms with van der Waals surface area (Å²) in [5.41, 5.74) is -0.472. The lowest BCUT2D eigenvalue weighted by atomic mass is 10.3. The largest absolute Gasteiger partial charge is 0.395 e. The summed E-state index contributed by atoms with van der Waals surface area (Å²) in [6.45, 7) is 1.48. The molecule has 1 aromatic carbocycles. The SMILES string of the molecule is CC/C=C/CN(CCO)S(=O)(=O)c1ccccc1[N+](=O)[O-]. The van der Waals surface area contributed by atoms with Gasteiger partial charge in [-0.1, -0.05) is 31.2 Å². The predicted octanol–water partition coefficient (Wildman–Crippen LogP) is 1.54. The Bertz CT molecular complexity index is 613. The summed E-state index contributed by atoms with van der Waals surface area (Å²) in [4.78, 5) is 9.87. The van der Waals surface area contributed by atoms with E-state index in [4.69, 9.17) is 5.11 Å². The third-order valence-corrected chi connectivity index (χ3v) is 4.65. The second-order valence-corrected chi connectivity index (χ2v) is 6.10. The molecule has 0 amide bonds. The standard InChI is InChI=1S/C13H18N2O5S/c1-2-3-6-9-14(10-11-16)21(19,20)13-8-5-4-7-12(13)15(17)18/h3-8,16H,2,9-11H2,1H3/b6-3+. The Morgan fingerprint density at radius 1 is 1.33 bits per heavy atom. The van der Waals surface area contributed by atoms with E-state index in [0.29, 0.717) is 0 Å². The molecular weight excluding hydrogens is 296 g/mol. The predicted molar refractivity (Wildman–Crippen MR) is 78.4 cm³/mol. The molecule has 0 saturated carbocycles. The van der Waals surface area contributed by atoms with Gasteiger partial charge in [0.05, 0.1) is 11.5 Å². The van der Waals surface area contributed by atoms with Gasteiger partial charge in [0, 0.05) is 19.2 Å². The maximum Gasteiger partial charge on any atom is 0.289 e. The summed E-state index contributed by atoms with van der Waals surface area (Å²) in [6, 6.07) is 5.18. The molecule has 7 nitrogen and oxygen atoms in total. The molecule has 8 heteroatoms. The van der Waals surface area contributed by atoms with E-state index in [1.807, 2.05) is 6.92 Å². The number of allylic oxidation sites excluding steroid dienone is 1. The zero-order valence-electron chi connectivity index (χ0n) is 11.7. The van der Waals surface area contributed by atoms with Gasteiger partial charge >= 0.3 is 0 Å². The molecule has 0 fully saturated rings. The summed E-state index contributed by atoms with van der Waals surface area (Å²) in [7, 11) is -4.04. The van der Waals surface area contributed by atoms with Crippen LogP contribution in [0.5, 0.6) is 0 Å². The van der Waals surface area contributed by atoms with Crippen molar-refractivity contribution in [2.75, 3.05) is 19.7 Å². The average Bonchev–Trinajstić information content (AvgIpc) is 2.46. The van der Waals surface area contributed by atoms with E-state index in [9.17, 15) is 18.5 Å². The smallest absolute Gasteiger partial charge is 0.289 e. The summed E-state index contributed by atoms with van der Waals surface area (Å²) >= 11 is 0. The lowest BCUT2D eigenvalue weighted by Gasteiger charge is -2.19. The quantitative estimate of drug-likeness (QED) is 0.445. The van der Waals surface area contributed by atoms with Crippen LogP contribution in [0.2, 0.25) is 0 Å². The van der Waals surface area contributed by atoms with Gasteiger partial charge in [-0.3, -0.25) is 10.1 Å². The number of rotatable bonds is 8. The minimum atomic E-state index is -4.04. The van der Waals surface area contributed by atoms with Crippen LogP contribution < -0.4 is 0 Å².